The highest BCUT2D eigenvalue weighted by Crippen LogP contribution is 2.24. The first-order chi connectivity index (χ1) is 10.4. The Labute approximate surface area is 122 Å². The largest absolute Gasteiger partial charge is 0.370 e. The Balaban J connectivity index is 1.60. The first kappa shape index (κ1) is 12.3. The summed E-state index contributed by atoms with van der Waals surface area (Å²) in [6.07, 6.45) is 1.70. The summed E-state index contributed by atoms with van der Waals surface area (Å²) in [7, 11) is 0. The summed E-state index contributed by atoms with van der Waals surface area (Å²) in [6.45, 7) is 2.33. The van der Waals surface area contributed by atoms with E-state index in [1.807, 2.05) is 30.3 Å². The first-order valence-corrected chi connectivity index (χ1v) is 6.99. The Hall–Kier alpha value is -2.47. The number of rotatable bonds is 2. The number of aromatic nitrogens is 4. The van der Waals surface area contributed by atoms with Crippen molar-refractivity contribution in [2.24, 2.45) is 0 Å². The molecular formula is C15H15N5O. The number of hydrogen-bond donors (Lipinski definition) is 0. The highest BCUT2D eigenvalue weighted by atomic mass is 16.5. The van der Waals surface area contributed by atoms with Crippen molar-refractivity contribution in [2.45, 2.75) is 6.10 Å². The van der Waals surface area contributed by atoms with Crippen LogP contribution in [0.1, 0.15) is 11.7 Å². The van der Waals surface area contributed by atoms with Crippen molar-refractivity contribution in [3.63, 3.8) is 0 Å². The average molecular weight is 281 g/mol. The van der Waals surface area contributed by atoms with Gasteiger partial charge in [0.1, 0.15) is 18.2 Å². The zero-order chi connectivity index (χ0) is 14.1. The smallest absolute Gasteiger partial charge is 0.177 e. The Morgan fingerprint density at radius 2 is 2.00 bits per heavy atom. The molecule has 1 aliphatic rings. The van der Waals surface area contributed by atoms with Crippen LogP contribution in [0.5, 0.6) is 0 Å². The molecule has 106 valence electrons. The lowest BCUT2D eigenvalue weighted by Gasteiger charge is -2.33. The number of fused-ring (bicyclic) bond motifs is 1. The maximum Gasteiger partial charge on any atom is 0.177 e. The van der Waals surface area contributed by atoms with Gasteiger partial charge in [-0.3, -0.25) is 0 Å². The van der Waals surface area contributed by atoms with Gasteiger partial charge in [0.2, 0.25) is 0 Å². The quantitative estimate of drug-likeness (QED) is 0.715. The monoisotopic (exact) mass is 281 g/mol. The van der Waals surface area contributed by atoms with E-state index < -0.39 is 0 Å². The van der Waals surface area contributed by atoms with Crippen LogP contribution in [0.25, 0.3) is 5.65 Å². The third-order valence-corrected chi connectivity index (χ3v) is 3.71. The minimum absolute atomic E-state index is 0.0818. The molecule has 0 aliphatic carbocycles. The molecule has 0 saturated carbocycles. The molecule has 1 fully saturated rings. The number of morpholine rings is 1. The molecule has 3 heterocycles. The predicted octanol–water partition coefficient (Wildman–Crippen LogP) is 1.70. The molecule has 4 rings (SSSR count). The van der Waals surface area contributed by atoms with Crippen molar-refractivity contribution in [2.75, 3.05) is 24.6 Å². The van der Waals surface area contributed by atoms with Crippen LogP contribution in [0.2, 0.25) is 0 Å². The van der Waals surface area contributed by atoms with E-state index in [-0.39, 0.29) is 6.10 Å². The van der Waals surface area contributed by atoms with Crippen LogP contribution in [-0.2, 0) is 4.74 Å². The van der Waals surface area contributed by atoms with Crippen molar-refractivity contribution >= 4 is 11.5 Å². The van der Waals surface area contributed by atoms with E-state index in [0.29, 0.717) is 6.61 Å². The molecule has 1 atom stereocenters. The second-order valence-electron chi connectivity index (χ2n) is 5.04. The molecule has 2 aromatic heterocycles. The molecule has 1 saturated heterocycles. The van der Waals surface area contributed by atoms with Crippen LogP contribution in [0.15, 0.2) is 48.8 Å². The van der Waals surface area contributed by atoms with Gasteiger partial charge in [-0.1, -0.05) is 30.3 Å². The molecule has 1 aliphatic heterocycles. The van der Waals surface area contributed by atoms with Crippen LogP contribution >= 0.6 is 0 Å². The lowest BCUT2D eigenvalue weighted by atomic mass is 10.1. The molecule has 0 bridgehead atoms. The van der Waals surface area contributed by atoms with Crippen LogP contribution < -0.4 is 4.90 Å². The van der Waals surface area contributed by atoms with E-state index in [0.717, 1.165) is 24.6 Å². The van der Waals surface area contributed by atoms with E-state index in [2.05, 4.69) is 32.3 Å². The van der Waals surface area contributed by atoms with Crippen LogP contribution in [0.4, 0.5) is 5.82 Å². The number of ether oxygens (including phenoxy) is 1. The fraction of sp³-hybridized carbons (Fsp3) is 0.267. The van der Waals surface area contributed by atoms with Crippen molar-refractivity contribution in [3.05, 3.63) is 54.4 Å². The van der Waals surface area contributed by atoms with Gasteiger partial charge in [0.05, 0.1) is 6.61 Å². The third-order valence-electron chi connectivity index (χ3n) is 3.71. The minimum Gasteiger partial charge on any atom is -0.370 e. The van der Waals surface area contributed by atoms with Gasteiger partial charge in [-0.05, 0) is 17.7 Å². The zero-order valence-corrected chi connectivity index (χ0v) is 11.5. The van der Waals surface area contributed by atoms with E-state index in [4.69, 9.17) is 4.74 Å². The molecule has 6 heteroatoms. The predicted molar refractivity (Wildman–Crippen MR) is 78.1 cm³/mol. The van der Waals surface area contributed by atoms with Gasteiger partial charge >= 0.3 is 0 Å². The standard InChI is InChI=1S/C15H15N5O/c1-2-4-12(5-3-1)13-10-19(8-9-21-13)15-7-6-14-17-16-11-20(14)18-15/h1-7,11,13H,8-10H2/t13-/m1/s1. The Morgan fingerprint density at radius 3 is 2.90 bits per heavy atom. The number of benzene rings is 1. The van der Waals surface area contributed by atoms with E-state index in [1.165, 1.54) is 5.56 Å². The maximum absolute atomic E-state index is 5.89. The summed E-state index contributed by atoms with van der Waals surface area (Å²) in [4.78, 5) is 2.24. The molecule has 0 N–H and O–H groups in total. The summed E-state index contributed by atoms with van der Waals surface area (Å²) in [5.41, 5.74) is 1.96. The minimum atomic E-state index is 0.0818. The second-order valence-corrected chi connectivity index (χ2v) is 5.04. The zero-order valence-electron chi connectivity index (χ0n) is 11.5. The summed E-state index contributed by atoms with van der Waals surface area (Å²) >= 11 is 0. The summed E-state index contributed by atoms with van der Waals surface area (Å²) in [5.74, 6) is 0.923. The van der Waals surface area contributed by atoms with Crippen molar-refractivity contribution in [1.82, 2.24) is 19.8 Å². The highest BCUT2D eigenvalue weighted by Gasteiger charge is 2.23. The van der Waals surface area contributed by atoms with Gasteiger partial charge in [0.15, 0.2) is 5.65 Å². The third kappa shape index (κ3) is 2.34. The molecule has 21 heavy (non-hydrogen) atoms. The summed E-state index contributed by atoms with van der Waals surface area (Å²) < 4.78 is 7.58. The Morgan fingerprint density at radius 1 is 1.10 bits per heavy atom. The highest BCUT2D eigenvalue weighted by molar-refractivity contribution is 5.45. The van der Waals surface area contributed by atoms with Gasteiger partial charge in [-0.15, -0.1) is 15.3 Å². The van der Waals surface area contributed by atoms with Crippen LogP contribution in [0, 0.1) is 0 Å². The Kier molecular flexibility index (Phi) is 3.01. The molecule has 3 aromatic rings. The van der Waals surface area contributed by atoms with Gasteiger partial charge in [-0.25, -0.2) is 0 Å². The SMILES string of the molecule is c1ccc([C@H]2CN(c3ccc4nncn4n3)CCO2)cc1. The first-order valence-electron chi connectivity index (χ1n) is 6.99. The average Bonchev–Trinajstić information content (AvgIpc) is 3.03. The number of anilines is 1. The van der Waals surface area contributed by atoms with Gasteiger partial charge < -0.3 is 9.64 Å². The Bertz CT molecular complexity index is 742. The molecular weight excluding hydrogens is 266 g/mol. The molecule has 0 radical (unpaired) electrons. The van der Waals surface area contributed by atoms with Crippen molar-refractivity contribution < 1.29 is 4.74 Å². The van der Waals surface area contributed by atoms with E-state index in [1.54, 1.807) is 10.8 Å². The lowest BCUT2D eigenvalue weighted by molar-refractivity contribution is 0.0394. The normalized spacial score (nSPS) is 19.0. The molecule has 0 spiro atoms. The lowest BCUT2D eigenvalue weighted by Crippen LogP contribution is -2.39. The molecule has 6 nitrogen and oxygen atoms in total. The maximum atomic E-state index is 5.89. The van der Waals surface area contributed by atoms with Crippen LogP contribution in [0.3, 0.4) is 0 Å². The van der Waals surface area contributed by atoms with Crippen molar-refractivity contribution in [1.29, 1.82) is 0 Å². The molecule has 0 amide bonds. The summed E-state index contributed by atoms with van der Waals surface area (Å²) in [6, 6.07) is 14.2. The molecule has 0 unspecified atom stereocenters. The fourth-order valence-corrected chi connectivity index (χ4v) is 2.61. The van der Waals surface area contributed by atoms with Gasteiger partial charge in [0.25, 0.3) is 0 Å². The van der Waals surface area contributed by atoms with E-state index >= 15 is 0 Å². The number of hydrogen-bond acceptors (Lipinski definition) is 5. The fourth-order valence-electron chi connectivity index (χ4n) is 2.61. The van der Waals surface area contributed by atoms with Gasteiger partial charge in [0, 0.05) is 13.1 Å². The van der Waals surface area contributed by atoms with Crippen LogP contribution in [-0.4, -0.2) is 39.5 Å². The second kappa shape index (κ2) is 5.14. The van der Waals surface area contributed by atoms with Crippen molar-refractivity contribution in [3.8, 4) is 0 Å². The number of nitrogens with zero attached hydrogens (tertiary/aromatic N) is 5. The van der Waals surface area contributed by atoms with Gasteiger partial charge in [-0.2, -0.15) is 4.52 Å². The molecule has 1 aromatic carbocycles. The van der Waals surface area contributed by atoms with E-state index in [9.17, 15) is 0 Å². The topological polar surface area (TPSA) is 55.6 Å². The summed E-state index contributed by atoms with van der Waals surface area (Å²) in [5, 5.41) is 12.4.